The number of piperazine rings is 1. The number of anilines is 1. The van der Waals surface area contributed by atoms with Gasteiger partial charge in [0.15, 0.2) is 17.4 Å². The van der Waals surface area contributed by atoms with Gasteiger partial charge < -0.3 is 9.80 Å². The molecule has 0 bridgehead atoms. The second kappa shape index (κ2) is 8.39. The summed E-state index contributed by atoms with van der Waals surface area (Å²) in [5.41, 5.74) is 1.08. The fourth-order valence-corrected chi connectivity index (χ4v) is 3.22. The summed E-state index contributed by atoms with van der Waals surface area (Å²) in [7, 11) is 0. The molecule has 0 saturated carbocycles. The molecule has 1 aliphatic heterocycles. The summed E-state index contributed by atoms with van der Waals surface area (Å²) in [5, 5.41) is 0. The largest absolute Gasteiger partial charge is 0.358 e. The van der Waals surface area contributed by atoms with Crippen molar-refractivity contribution in [3.05, 3.63) is 71.1 Å². The molecule has 3 nitrogen and oxygen atoms in total. The van der Waals surface area contributed by atoms with Crippen LogP contribution in [0, 0.1) is 17.5 Å². The Labute approximate surface area is 156 Å². The Balaban J connectivity index is 1.70. The Bertz CT molecular complexity index is 859. The van der Waals surface area contributed by atoms with Crippen LogP contribution in [0.3, 0.4) is 0 Å². The zero-order chi connectivity index (χ0) is 19.4. The highest BCUT2D eigenvalue weighted by Gasteiger charge is 2.21. The van der Waals surface area contributed by atoms with Crippen molar-refractivity contribution in [2.24, 2.45) is 0 Å². The number of hydrogen-bond acceptors (Lipinski definition) is 2. The second-order valence-electron chi connectivity index (χ2n) is 6.63. The molecule has 1 N–H and O–H groups in total. The monoisotopic (exact) mass is 375 g/mol. The summed E-state index contributed by atoms with van der Waals surface area (Å²) < 4.78 is 40.6. The Morgan fingerprint density at radius 2 is 1.78 bits per heavy atom. The standard InChI is InChI=1S/C21H21F3N2O/c1-2-25-9-11-26(12-10-25)20-7-5-16(14-19(20)24)21(27)8-4-15-3-6-17(22)18(23)13-15/h3-8,13-14H,2,9-12H2,1H3/p+1/b8-4+. The molecular formula is C21H22F3N2O+. The third kappa shape index (κ3) is 4.57. The van der Waals surface area contributed by atoms with Crippen LogP contribution in [0.1, 0.15) is 22.8 Å². The third-order valence-electron chi connectivity index (χ3n) is 4.91. The van der Waals surface area contributed by atoms with E-state index >= 15 is 0 Å². The van der Waals surface area contributed by atoms with Crippen LogP contribution in [0.5, 0.6) is 0 Å². The number of rotatable bonds is 5. The lowest BCUT2D eigenvalue weighted by atomic mass is 10.1. The van der Waals surface area contributed by atoms with Gasteiger partial charge in [0.05, 0.1) is 38.4 Å². The molecule has 3 rings (SSSR count). The minimum Gasteiger partial charge on any atom is -0.358 e. The van der Waals surface area contributed by atoms with Crippen molar-refractivity contribution in [1.82, 2.24) is 0 Å². The molecule has 27 heavy (non-hydrogen) atoms. The number of nitrogens with zero attached hydrogens (tertiary/aromatic N) is 1. The quantitative estimate of drug-likeness (QED) is 0.642. The van der Waals surface area contributed by atoms with E-state index in [1.807, 2.05) is 4.90 Å². The number of halogens is 3. The van der Waals surface area contributed by atoms with Crippen LogP contribution in [0.15, 0.2) is 42.5 Å². The van der Waals surface area contributed by atoms with Crippen LogP contribution in [0.2, 0.25) is 0 Å². The maximum Gasteiger partial charge on any atom is 0.185 e. The number of allylic oxidation sites excluding steroid dienone is 1. The summed E-state index contributed by atoms with van der Waals surface area (Å²) >= 11 is 0. The van der Waals surface area contributed by atoms with Crippen molar-refractivity contribution in [3.63, 3.8) is 0 Å². The molecule has 2 aromatic carbocycles. The van der Waals surface area contributed by atoms with Crippen molar-refractivity contribution in [1.29, 1.82) is 0 Å². The lowest BCUT2D eigenvalue weighted by Crippen LogP contribution is -3.14. The highest BCUT2D eigenvalue weighted by atomic mass is 19.2. The van der Waals surface area contributed by atoms with Crippen molar-refractivity contribution >= 4 is 17.5 Å². The topological polar surface area (TPSA) is 24.8 Å². The van der Waals surface area contributed by atoms with Crippen molar-refractivity contribution in [2.75, 3.05) is 37.6 Å². The highest BCUT2D eigenvalue weighted by Crippen LogP contribution is 2.21. The van der Waals surface area contributed by atoms with E-state index in [4.69, 9.17) is 0 Å². The van der Waals surface area contributed by atoms with E-state index in [-0.39, 0.29) is 5.56 Å². The van der Waals surface area contributed by atoms with Gasteiger partial charge in [0, 0.05) is 5.56 Å². The van der Waals surface area contributed by atoms with Crippen molar-refractivity contribution < 1.29 is 22.9 Å². The van der Waals surface area contributed by atoms with Crippen molar-refractivity contribution in [2.45, 2.75) is 6.92 Å². The van der Waals surface area contributed by atoms with Crippen LogP contribution < -0.4 is 9.80 Å². The molecule has 0 radical (unpaired) electrons. The lowest BCUT2D eigenvalue weighted by Gasteiger charge is -2.33. The third-order valence-corrected chi connectivity index (χ3v) is 4.91. The average molecular weight is 375 g/mol. The first-order valence-electron chi connectivity index (χ1n) is 9.03. The van der Waals surface area contributed by atoms with E-state index in [0.717, 1.165) is 44.9 Å². The van der Waals surface area contributed by atoms with E-state index < -0.39 is 23.2 Å². The van der Waals surface area contributed by atoms with Crippen LogP contribution >= 0.6 is 0 Å². The molecule has 1 heterocycles. The summed E-state index contributed by atoms with van der Waals surface area (Å²) in [6.07, 6.45) is 2.61. The number of benzene rings is 2. The molecule has 0 aromatic heterocycles. The van der Waals surface area contributed by atoms with E-state index in [1.54, 1.807) is 12.1 Å². The predicted molar refractivity (Wildman–Crippen MR) is 99.6 cm³/mol. The zero-order valence-electron chi connectivity index (χ0n) is 15.1. The molecule has 1 fully saturated rings. The van der Waals surface area contributed by atoms with E-state index in [0.29, 0.717) is 11.3 Å². The van der Waals surface area contributed by atoms with Gasteiger partial charge >= 0.3 is 0 Å². The smallest absolute Gasteiger partial charge is 0.185 e. The summed E-state index contributed by atoms with van der Waals surface area (Å²) in [6, 6.07) is 7.81. The number of ketones is 1. The van der Waals surface area contributed by atoms with E-state index in [9.17, 15) is 18.0 Å². The van der Waals surface area contributed by atoms with Gasteiger partial charge in [0.25, 0.3) is 0 Å². The first-order valence-corrected chi connectivity index (χ1v) is 9.03. The summed E-state index contributed by atoms with van der Waals surface area (Å²) in [4.78, 5) is 15.8. The molecule has 1 aliphatic rings. The Hall–Kier alpha value is -2.60. The maximum absolute atomic E-state index is 14.5. The van der Waals surface area contributed by atoms with Gasteiger partial charge in [-0.25, -0.2) is 13.2 Å². The minimum atomic E-state index is -0.981. The zero-order valence-corrected chi connectivity index (χ0v) is 15.1. The van der Waals surface area contributed by atoms with Gasteiger partial charge in [-0.3, -0.25) is 4.79 Å². The Kier molecular flexibility index (Phi) is 5.96. The van der Waals surface area contributed by atoms with Gasteiger partial charge in [0.2, 0.25) is 0 Å². The normalized spacial score (nSPS) is 15.5. The maximum atomic E-state index is 14.5. The Morgan fingerprint density at radius 3 is 2.41 bits per heavy atom. The molecule has 0 amide bonds. The molecule has 0 atom stereocenters. The summed E-state index contributed by atoms with van der Waals surface area (Å²) in [5.74, 6) is -2.75. The van der Waals surface area contributed by atoms with Crippen LogP contribution in [-0.4, -0.2) is 38.5 Å². The van der Waals surface area contributed by atoms with Gasteiger partial charge in [-0.1, -0.05) is 12.1 Å². The molecule has 6 heteroatoms. The highest BCUT2D eigenvalue weighted by molar-refractivity contribution is 6.07. The fourth-order valence-electron chi connectivity index (χ4n) is 3.22. The summed E-state index contributed by atoms with van der Waals surface area (Å²) in [6.45, 7) is 6.70. The van der Waals surface area contributed by atoms with Crippen LogP contribution in [0.25, 0.3) is 6.08 Å². The van der Waals surface area contributed by atoms with Crippen molar-refractivity contribution in [3.8, 4) is 0 Å². The molecule has 142 valence electrons. The minimum absolute atomic E-state index is 0.216. The number of likely N-dealkylation sites (N-methyl/N-ethyl adjacent to an activating group) is 1. The number of quaternary nitrogens is 1. The lowest BCUT2D eigenvalue weighted by molar-refractivity contribution is -0.898. The first-order chi connectivity index (χ1) is 13.0. The number of carbonyl (C=O) groups is 1. The predicted octanol–water partition coefficient (Wildman–Crippen LogP) is 2.72. The fraction of sp³-hybridized carbons (Fsp3) is 0.286. The number of carbonyl (C=O) groups excluding carboxylic acids is 1. The van der Waals surface area contributed by atoms with Gasteiger partial charge in [0.1, 0.15) is 5.82 Å². The van der Waals surface area contributed by atoms with Crippen LogP contribution in [-0.2, 0) is 0 Å². The van der Waals surface area contributed by atoms with E-state index in [1.165, 1.54) is 29.2 Å². The second-order valence-corrected chi connectivity index (χ2v) is 6.63. The van der Waals surface area contributed by atoms with Gasteiger partial charge in [-0.2, -0.15) is 0 Å². The SMILES string of the molecule is CC[NH+]1CCN(c2ccc(C(=O)/C=C/c3ccc(F)c(F)c3)cc2F)CC1. The van der Waals surface area contributed by atoms with E-state index in [2.05, 4.69) is 6.92 Å². The molecule has 1 saturated heterocycles. The van der Waals surface area contributed by atoms with Gasteiger partial charge in [-0.15, -0.1) is 0 Å². The molecule has 0 unspecified atom stereocenters. The van der Waals surface area contributed by atoms with Gasteiger partial charge in [-0.05, 0) is 48.9 Å². The molecular weight excluding hydrogens is 353 g/mol. The Morgan fingerprint density at radius 1 is 1.04 bits per heavy atom. The average Bonchev–Trinajstić information content (AvgIpc) is 2.68. The van der Waals surface area contributed by atoms with Crippen LogP contribution in [0.4, 0.5) is 18.9 Å². The molecule has 0 spiro atoms. The molecule has 0 aliphatic carbocycles. The number of hydrogen-bond donors (Lipinski definition) is 1. The number of nitrogens with one attached hydrogen (secondary N) is 1. The first kappa shape index (κ1) is 19.2. The molecule has 2 aromatic rings.